The summed E-state index contributed by atoms with van der Waals surface area (Å²) in [6.45, 7) is 5.44. The molecule has 2 aliphatic rings. The van der Waals surface area contributed by atoms with Crippen LogP contribution in [0.15, 0.2) is 35.3 Å². The van der Waals surface area contributed by atoms with Crippen LogP contribution in [0.1, 0.15) is 25.8 Å². The molecule has 1 aliphatic heterocycles. The summed E-state index contributed by atoms with van der Waals surface area (Å²) < 4.78 is 0. The zero-order valence-corrected chi connectivity index (χ0v) is 16.0. The molecule has 1 aliphatic carbocycles. The maximum absolute atomic E-state index is 11.9. The van der Waals surface area contributed by atoms with Crippen LogP contribution in [-0.4, -0.2) is 56.2 Å². The number of aliphatic hydroxyl groups excluding tert-OH is 2. The van der Waals surface area contributed by atoms with Gasteiger partial charge in [0, 0.05) is 18.3 Å². The molecule has 5 atom stereocenters. The van der Waals surface area contributed by atoms with Gasteiger partial charge in [-0.1, -0.05) is 55.9 Å². The standard InChI is InChI=1S/C19H27N3O3S/c1-11(2)9-21-19-22(10-12-6-4-3-5-7-12)15-16(24)14(23)8-13(18(20)25)17(15)26-19/h3-7,11,13-17,23-24H,8-10H2,1-2H3,(H2,20,25)/t13-,14+,15+,16-,17+/m0/s1. The minimum atomic E-state index is -0.961. The number of nitrogens with two attached hydrogens (primary N) is 1. The molecular formula is C19H27N3O3S. The molecule has 0 unspecified atom stereocenters. The predicted octanol–water partition coefficient (Wildman–Crippen LogP) is 1.21. The Balaban J connectivity index is 1.95. The number of hydrogen-bond acceptors (Lipinski definition) is 5. The Morgan fingerprint density at radius 1 is 1.35 bits per heavy atom. The normalized spacial score (nSPS) is 32.9. The van der Waals surface area contributed by atoms with E-state index in [0.717, 1.165) is 10.7 Å². The second kappa shape index (κ2) is 7.98. The molecule has 0 spiro atoms. The largest absolute Gasteiger partial charge is 0.390 e. The highest BCUT2D eigenvalue weighted by Crippen LogP contribution is 2.44. The molecule has 0 bridgehead atoms. The van der Waals surface area contributed by atoms with Gasteiger partial charge in [0.25, 0.3) is 0 Å². The first-order valence-electron chi connectivity index (χ1n) is 9.05. The average Bonchev–Trinajstić information content (AvgIpc) is 2.95. The molecule has 1 aromatic carbocycles. The van der Waals surface area contributed by atoms with Crippen molar-refractivity contribution in [3.8, 4) is 0 Å². The van der Waals surface area contributed by atoms with Crippen LogP contribution < -0.4 is 5.73 Å². The van der Waals surface area contributed by atoms with E-state index >= 15 is 0 Å². The molecule has 2 fully saturated rings. The van der Waals surface area contributed by atoms with Gasteiger partial charge < -0.3 is 20.8 Å². The van der Waals surface area contributed by atoms with Crippen molar-refractivity contribution in [2.75, 3.05) is 6.54 Å². The number of hydrogen-bond donors (Lipinski definition) is 3. The number of amides is 1. The molecule has 1 amide bonds. The number of thioether (sulfide) groups is 1. The van der Waals surface area contributed by atoms with Crippen LogP contribution >= 0.6 is 11.8 Å². The fourth-order valence-electron chi connectivity index (χ4n) is 3.64. The fourth-order valence-corrected chi connectivity index (χ4v) is 5.22. The number of benzene rings is 1. The molecule has 1 aromatic rings. The number of amidine groups is 1. The van der Waals surface area contributed by atoms with Gasteiger partial charge in [0.15, 0.2) is 5.17 Å². The van der Waals surface area contributed by atoms with Gasteiger partial charge in [0.05, 0.1) is 18.1 Å². The third-order valence-corrected chi connectivity index (χ3v) is 6.43. The zero-order valence-electron chi connectivity index (χ0n) is 15.2. The first-order valence-corrected chi connectivity index (χ1v) is 9.93. The summed E-state index contributed by atoms with van der Waals surface area (Å²) in [5, 5.41) is 21.6. The average molecular weight is 378 g/mol. The van der Waals surface area contributed by atoms with E-state index in [2.05, 4.69) is 13.8 Å². The molecule has 26 heavy (non-hydrogen) atoms. The minimum absolute atomic E-state index is 0.194. The lowest BCUT2D eigenvalue weighted by Crippen LogP contribution is -2.58. The Hall–Kier alpha value is -1.57. The maximum Gasteiger partial charge on any atom is 0.221 e. The molecule has 1 saturated carbocycles. The lowest BCUT2D eigenvalue weighted by Gasteiger charge is -2.41. The van der Waals surface area contributed by atoms with Crippen LogP contribution in [0.2, 0.25) is 0 Å². The summed E-state index contributed by atoms with van der Waals surface area (Å²) in [5.74, 6) is -0.497. The van der Waals surface area contributed by atoms with E-state index in [1.165, 1.54) is 11.8 Å². The number of rotatable bonds is 5. The molecule has 4 N–H and O–H groups in total. The highest BCUT2D eigenvalue weighted by atomic mass is 32.2. The lowest BCUT2D eigenvalue weighted by atomic mass is 9.80. The van der Waals surface area contributed by atoms with Gasteiger partial charge in [-0.25, -0.2) is 0 Å². The molecular weight excluding hydrogens is 350 g/mol. The van der Waals surface area contributed by atoms with Crippen LogP contribution in [0.4, 0.5) is 0 Å². The van der Waals surface area contributed by atoms with E-state index in [1.807, 2.05) is 35.2 Å². The Bertz CT molecular complexity index is 667. The first kappa shape index (κ1) is 19.2. The topological polar surface area (TPSA) is 99.1 Å². The van der Waals surface area contributed by atoms with Crippen molar-refractivity contribution in [3.05, 3.63) is 35.9 Å². The van der Waals surface area contributed by atoms with E-state index in [1.54, 1.807) is 0 Å². The zero-order chi connectivity index (χ0) is 18.8. The van der Waals surface area contributed by atoms with Gasteiger partial charge in [-0.05, 0) is 17.9 Å². The third-order valence-electron chi connectivity index (χ3n) is 4.97. The fraction of sp³-hybridized carbons (Fsp3) is 0.579. The van der Waals surface area contributed by atoms with Crippen LogP contribution in [0.25, 0.3) is 0 Å². The van der Waals surface area contributed by atoms with Gasteiger partial charge in [-0.3, -0.25) is 9.79 Å². The van der Waals surface area contributed by atoms with Crippen molar-refractivity contribution in [3.63, 3.8) is 0 Å². The lowest BCUT2D eigenvalue weighted by molar-refractivity contribution is -0.128. The second-order valence-electron chi connectivity index (χ2n) is 7.51. The summed E-state index contributed by atoms with van der Waals surface area (Å²) in [4.78, 5) is 18.7. The Kier molecular flexibility index (Phi) is 5.89. The summed E-state index contributed by atoms with van der Waals surface area (Å²) in [6.07, 6.45) is -1.70. The SMILES string of the molecule is CC(C)CN=C1S[C@H]2[C@@H]([C@@H](O)[C@H](O)C[C@@H]2C(N)=O)N1Cc1ccccc1. The summed E-state index contributed by atoms with van der Waals surface area (Å²) >= 11 is 1.51. The highest BCUT2D eigenvalue weighted by molar-refractivity contribution is 8.14. The maximum atomic E-state index is 11.9. The number of carbonyl (C=O) groups is 1. The van der Waals surface area contributed by atoms with Crippen molar-refractivity contribution in [1.29, 1.82) is 0 Å². The number of primary amides is 1. The molecule has 1 saturated heterocycles. The Labute approximate surface area is 158 Å². The van der Waals surface area contributed by atoms with E-state index < -0.39 is 24.0 Å². The van der Waals surface area contributed by atoms with E-state index in [-0.39, 0.29) is 17.7 Å². The smallest absolute Gasteiger partial charge is 0.221 e. The van der Waals surface area contributed by atoms with Crippen LogP contribution in [0.3, 0.4) is 0 Å². The minimum Gasteiger partial charge on any atom is -0.390 e. The van der Waals surface area contributed by atoms with E-state index in [4.69, 9.17) is 10.7 Å². The molecule has 7 heteroatoms. The molecule has 6 nitrogen and oxygen atoms in total. The van der Waals surface area contributed by atoms with Gasteiger partial charge in [0.2, 0.25) is 5.91 Å². The monoisotopic (exact) mass is 377 g/mol. The second-order valence-corrected chi connectivity index (χ2v) is 8.65. The Morgan fingerprint density at radius 2 is 2.04 bits per heavy atom. The van der Waals surface area contributed by atoms with Crippen molar-refractivity contribution >= 4 is 22.8 Å². The van der Waals surface area contributed by atoms with Crippen molar-refractivity contribution < 1.29 is 15.0 Å². The quantitative estimate of drug-likeness (QED) is 0.716. The molecule has 1 heterocycles. The molecule has 0 aromatic heterocycles. The summed E-state index contributed by atoms with van der Waals surface area (Å²) in [5.41, 5.74) is 6.68. The number of fused-ring (bicyclic) bond motifs is 1. The van der Waals surface area contributed by atoms with Gasteiger partial charge >= 0.3 is 0 Å². The van der Waals surface area contributed by atoms with Gasteiger partial charge in [0.1, 0.15) is 6.10 Å². The van der Waals surface area contributed by atoms with Crippen molar-refractivity contribution in [1.82, 2.24) is 4.90 Å². The van der Waals surface area contributed by atoms with E-state index in [9.17, 15) is 15.0 Å². The van der Waals surface area contributed by atoms with E-state index in [0.29, 0.717) is 19.0 Å². The Morgan fingerprint density at radius 3 is 2.65 bits per heavy atom. The highest BCUT2D eigenvalue weighted by Gasteiger charge is 2.54. The van der Waals surface area contributed by atoms with Crippen LogP contribution in [0, 0.1) is 11.8 Å². The number of aliphatic hydroxyl groups is 2. The third kappa shape index (κ3) is 3.89. The number of nitrogens with zero attached hydrogens (tertiary/aromatic N) is 2. The van der Waals surface area contributed by atoms with Crippen molar-refractivity contribution in [2.45, 2.75) is 50.3 Å². The van der Waals surface area contributed by atoms with Gasteiger partial charge in [-0.2, -0.15) is 0 Å². The predicted molar refractivity (Wildman–Crippen MR) is 104 cm³/mol. The first-order chi connectivity index (χ1) is 12.4. The number of carbonyl (C=O) groups excluding carboxylic acids is 1. The summed E-state index contributed by atoms with van der Waals surface area (Å²) in [6, 6.07) is 9.57. The van der Waals surface area contributed by atoms with Gasteiger partial charge in [-0.15, -0.1) is 0 Å². The molecule has 142 valence electrons. The molecule has 3 rings (SSSR count). The van der Waals surface area contributed by atoms with Crippen LogP contribution in [0.5, 0.6) is 0 Å². The number of aliphatic imine (C=N–C) groups is 1. The van der Waals surface area contributed by atoms with Crippen molar-refractivity contribution in [2.24, 2.45) is 22.6 Å². The summed E-state index contributed by atoms with van der Waals surface area (Å²) in [7, 11) is 0. The molecule has 0 radical (unpaired) electrons. The van der Waals surface area contributed by atoms with Crippen LogP contribution in [-0.2, 0) is 11.3 Å².